The summed E-state index contributed by atoms with van der Waals surface area (Å²) >= 11 is 0. The van der Waals surface area contributed by atoms with E-state index in [2.05, 4.69) is 13.8 Å². The maximum absolute atomic E-state index is 11.6. The molecular weight excluding hydrogens is 360 g/mol. The lowest BCUT2D eigenvalue weighted by Crippen LogP contribution is -2.36. The van der Waals surface area contributed by atoms with Crippen molar-refractivity contribution in [3.63, 3.8) is 0 Å². The van der Waals surface area contributed by atoms with Gasteiger partial charge in [0, 0.05) is 38.3 Å². The van der Waals surface area contributed by atoms with Crippen LogP contribution in [0.2, 0.25) is 0 Å². The molecule has 8 heteroatoms. The van der Waals surface area contributed by atoms with Crippen LogP contribution in [0, 0.1) is 11.8 Å². The van der Waals surface area contributed by atoms with Crippen molar-refractivity contribution in [3.05, 3.63) is 0 Å². The van der Waals surface area contributed by atoms with E-state index in [0.29, 0.717) is 38.0 Å². The van der Waals surface area contributed by atoms with Gasteiger partial charge in [0.15, 0.2) is 0 Å². The molecule has 164 valence electrons. The van der Waals surface area contributed by atoms with Gasteiger partial charge in [-0.05, 0) is 53.4 Å². The number of carbonyl (C=O) groups excluding carboxylic acids is 2. The average Bonchev–Trinajstić information content (AvgIpc) is 3.00. The van der Waals surface area contributed by atoms with Gasteiger partial charge in [0.1, 0.15) is 11.2 Å². The summed E-state index contributed by atoms with van der Waals surface area (Å²) in [4.78, 5) is 26.6. The van der Waals surface area contributed by atoms with Crippen LogP contribution >= 0.6 is 0 Å². The van der Waals surface area contributed by atoms with Crippen LogP contribution in [-0.2, 0) is 9.47 Å². The van der Waals surface area contributed by atoms with Gasteiger partial charge in [0.05, 0.1) is 0 Å². The quantitative estimate of drug-likeness (QED) is 0.646. The minimum atomic E-state index is -0.424. The summed E-state index contributed by atoms with van der Waals surface area (Å²) in [6.07, 6.45) is -0.505. The Balaban J connectivity index is 0.000000280. The number of ether oxygens (including phenoxy) is 2. The molecule has 0 spiro atoms. The topological polar surface area (TPSA) is 111 Å². The third-order valence-corrected chi connectivity index (χ3v) is 4.64. The number of rotatable bonds is 0. The van der Waals surface area contributed by atoms with Crippen molar-refractivity contribution in [1.82, 2.24) is 9.80 Å². The van der Waals surface area contributed by atoms with Crippen LogP contribution in [0.3, 0.4) is 0 Å². The van der Waals surface area contributed by atoms with Gasteiger partial charge in [-0.25, -0.2) is 9.59 Å². The molecule has 0 aromatic rings. The van der Waals surface area contributed by atoms with Gasteiger partial charge in [-0.3, -0.25) is 0 Å². The number of nitrogens with zero attached hydrogens (tertiary/aromatic N) is 2. The van der Waals surface area contributed by atoms with Crippen LogP contribution in [0.5, 0.6) is 0 Å². The van der Waals surface area contributed by atoms with Crippen LogP contribution in [0.4, 0.5) is 9.59 Å². The summed E-state index contributed by atoms with van der Waals surface area (Å²) < 4.78 is 10.5. The van der Waals surface area contributed by atoms with Crippen LogP contribution in [-0.4, -0.2) is 71.5 Å². The SMILES string of the molecule is C[C@@H]1CN(C(=O)OC(C)(C)C)C[C@@H]1N.C[C@H]1CN(C(=O)OC(C)(C)C)C[C@H]1N. The fourth-order valence-corrected chi connectivity index (χ4v) is 2.94. The molecule has 0 aromatic carbocycles. The van der Waals surface area contributed by atoms with Gasteiger partial charge in [0.25, 0.3) is 0 Å². The third-order valence-electron chi connectivity index (χ3n) is 4.64. The Bertz CT molecular complexity index is 473. The van der Waals surface area contributed by atoms with Crippen molar-refractivity contribution in [2.75, 3.05) is 26.2 Å². The molecule has 2 fully saturated rings. The standard InChI is InChI=1S/2C10H20N2O2/c2*1-7-5-12(6-8(7)11)9(13)14-10(2,3)4/h2*7-8H,5-6,11H2,1-4H3/t2*7-,8+/m10/s1. The van der Waals surface area contributed by atoms with Crippen molar-refractivity contribution >= 4 is 12.2 Å². The van der Waals surface area contributed by atoms with Crippen molar-refractivity contribution in [1.29, 1.82) is 0 Å². The van der Waals surface area contributed by atoms with Gasteiger partial charge < -0.3 is 30.7 Å². The summed E-state index contributed by atoms with van der Waals surface area (Å²) in [5.41, 5.74) is 10.8. The normalized spacial score (nSPS) is 27.9. The van der Waals surface area contributed by atoms with E-state index < -0.39 is 11.2 Å². The van der Waals surface area contributed by atoms with Gasteiger partial charge in [-0.1, -0.05) is 13.8 Å². The van der Waals surface area contributed by atoms with E-state index in [1.54, 1.807) is 9.80 Å². The molecule has 0 bridgehead atoms. The molecule has 0 aromatic heterocycles. The first-order valence-electron chi connectivity index (χ1n) is 10.1. The third kappa shape index (κ3) is 8.22. The fraction of sp³-hybridized carbons (Fsp3) is 0.900. The van der Waals surface area contributed by atoms with Crippen molar-refractivity contribution in [2.45, 2.75) is 78.7 Å². The first-order valence-corrected chi connectivity index (χ1v) is 10.1. The molecule has 8 nitrogen and oxygen atoms in total. The second-order valence-corrected chi connectivity index (χ2v) is 10.1. The summed E-state index contributed by atoms with van der Waals surface area (Å²) in [6, 6.07) is 0.171. The maximum Gasteiger partial charge on any atom is 0.410 e. The molecule has 2 saturated heterocycles. The second kappa shape index (κ2) is 9.31. The van der Waals surface area contributed by atoms with Gasteiger partial charge in [-0.15, -0.1) is 0 Å². The van der Waals surface area contributed by atoms with Crippen LogP contribution in [0.25, 0.3) is 0 Å². The molecule has 2 heterocycles. The van der Waals surface area contributed by atoms with Crippen molar-refractivity contribution in [2.24, 2.45) is 23.3 Å². The molecule has 2 amide bonds. The fourth-order valence-electron chi connectivity index (χ4n) is 2.94. The summed E-state index contributed by atoms with van der Waals surface area (Å²) in [7, 11) is 0. The number of amides is 2. The molecular formula is C20H40N4O4. The zero-order valence-electron chi connectivity index (χ0n) is 18.8. The predicted octanol–water partition coefficient (Wildman–Crippen LogP) is 2.40. The molecule has 28 heavy (non-hydrogen) atoms. The smallest absolute Gasteiger partial charge is 0.410 e. The van der Waals surface area contributed by atoms with E-state index in [-0.39, 0.29) is 24.3 Å². The highest BCUT2D eigenvalue weighted by Gasteiger charge is 2.33. The van der Waals surface area contributed by atoms with Crippen LogP contribution in [0.1, 0.15) is 55.4 Å². The minimum Gasteiger partial charge on any atom is -0.444 e. The molecule has 4 atom stereocenters. The van der Waals surface area contributed by atoms with E-state index in [4.69, 9.17) is 20.9 Å². The van der Waals surface area contributed by atoms with Crippen LogP contribution < -0.4 is 11.5 Å². The van der Waals surface area contributed by atoms with E-state index in [0.717, 1.165) is 0 Å². The Kier molecular flexibility index (Phi) is 8.14. The highest BCUT2D eigenvalue weighted by atomic mass is 16.6. The van der Waals surface area contributed by atoms with Gasteiger partial charge in [0.2, 0.25) is 0 Å². The van der Waals surface area contributed by atoms with E-state index in [9.17, 15) is 9.59 Å². The molecule has 2 aliphatic heterocycles. The summed E-state index contributed by atoms with van der Waals surface area (Å²) in [5.74, 6) is 0.727. The predicted molar refractivity (Wildman–Crippen MR) is 110 cm³/mol. The molecule has 2 rings (SSSR count). The summed E-state index contributed by atoms with van der Waals surface area (Å²) in [5, 5.41) is 0. The monoisotopic (exact) mass is 400 g/mol. The average molecular weight is 401 g/mol. The number of nitrogens with two attached hydrogens (primary N) is 2. The molecule has 0 saturated carbocycles. The number of carbonyl (C=O) groups is 2. The molecule has 0 aliphatic carbocycles. The first kappa shape index (κ1) is 24.5. The lowest BCUT2D eigenvalue weighted by Gasteiger charge is -2.24. The second-order valence-electron chi connectivity index (χ2n) is 10.1. The van der Waals surface area contributed by atoms with E-state index >= 15 is 0 Å². The van der Waals surface area contributed by atoms with Gasteiger partial charge >= 0.3 is 12.2 Å². The lowest BCUT2D eigenvalue weighted by atomic mass is 10.1. The highest BCUT2D eigenvalue weighted by Crippen LogP contribution is 2.19. The molecule has 2 aliphatic rings. The Labute approximate surface area is 169 Å². The number of hydrogen-bond donors (Lipinski definition) is 2. The Morgan fingerprint density at radius 2 is 1.00 bits per heavy atom. The maximum atomic E-state index is 11.6. The van der Waals surface area contributed by atoms with Crippen LogP contribution in [0.15, 0.2) is 0 Å². The Morgan fingerprint density at radius 3 is 1.18 bits per heavy atom. The number of hydrogen-bond acceptors (Lipinski definition) is 6. The van der Waals surface area contributed by atoms with Gasteiger partial charge in [-0.2, -0.15) is 0 Å². The molecule has 0 radical (unpaired) electrons. The number of likely N-dealkylation sites (tertiary alicyclic amines) is 2. The zero-order valence-corrected chi connectivity index (χ0v) is 18.8. The van der Waals surface area contributed by atoms with Crippen molar-refractivity contribution in [3.8, 4) is 0 Å². The summed E-state index contributed by atoms with van der Waals surface area (Å²) in [6.45, 7) is 17.9. The molecule has 0 unspecified atom stereocenters. The molecule has 4 N–H and O–H groups in total. The minimum absolute atomic E-state index is 0.0857. The van der Waals surface area contributed by atoms with E-state index in [1.165, 1.54) is 0 Å². The highest BCUT2D eigenvalue weighted by molar-refractivity contribution is 5.69. The zero-order chi connectivity index (χ0) is 21.9. The van der Waals surface area contributed by atoms with Crippen molar-refractivity contribution < 1.29 is 19.1 Å². The van der Waals surface area contributed by atoms with E-state index in [1.807, 2.05) is 41.5 Å². The largest absolute Gasteiger partial charge is 0.444 e. The lowest BCUT2D eigenvalue weighted by molar-refractivity contribution is 0.0277. The Morgan fingerprint density at radius 1 is 0.714 bits per heavy atom. The Hall–Kier alpha value is -1.54. The first-order chi connectivity index (χ1) is 12.6.